The molecule has 0 saturated heterocycles. The number of benzene rings is 1. The van der Waals surface area contributed by atoms with Crippen LogP contribution >= 0.6 is 23.2 Å². The van der Waals surface area contributed by atoms with Gasteiger partial charge in [0, 0.05) is 11.3 Å². The third-order valence-corrected chi connectivity index (χ3v) is 3.01. The summed E-state index contributed by atoms with van der Waals surface area (Å²) in [5.74, 6) is 0.802. The number of halogens is 2. The predicted molar refractivity (Wildman–Crippen MR) is 73.2 cm³/mol. The van der Waals surface area contributed by atoms with E-state index in [-0.39, 0.29) is 16.7 Å². The summed E-state index contributed by atoms with van der Waals surface area (Å²) < 4.78 is 0. The van der Waals surface area contributed by atoms with E-state index in [0.29, 0.717) is 11.0 Å². The lowest BCUT2D eigenvalue weighted by atomic mass is 10.1. The lowest BCUT2D eigenvalue weighted by molar-refractivity contribution is 0.475. The van der Waals surface area contributed by atoms with Crippen molar-refractivity contribution >= 4 is 23.2 Å². The van der Waals surface area contributed by atoms with E-state index >= 15 is 0 Å². The Bertz CT molecular complexity index is 585. The van der Waals surface area contributed by atoms with Crippen molar-refractivity contribution in [3.8, 4) is 17.1 Å². The zero-order valence-corrected chi connectivity index (χ0v) is 11.5. The Balaban J connectivity index is 2.53. The fourth-order valence-corrected chi connectivity index (χ4v) is 1.88. The highest BCUT2D eigenvalue weighted by molar-refractivity contribution is 6.32. The molecule has 0 saturated carbocycles. The van der Waals surface area contributed by atoms with Crippen molar-refractivity contribution in [1.29, 1.82) is 0 Å². The molecule has 0 amide bonds. The highest BCUT2D eigenvalue weighted by atomic mass is 35.5. The second kappa shape index (κ2) is 5.12. The fourth-order valence-electron chi connectivity index (χ4n) is 1.51. The number of nitrogens with zero attached hydrogens (tertiary/aromatic N) is 2. The molecular formula is C13H12Cl2N2O. The molecule has 0 aliphatic heterocycles. The van der Waals surface area contributed by atoms with Crippen molar-refractivity contribution in [2.24, 2.45) is 0 Å². The van der Waals surface area contributed by atoms with Crippen LogP contribution in [-0.4, -0.2) is 15.1 Å². The Labute approximate surface area is 115 Å². The van der Waals surface area contributed by atoms with Gasteiger partial charge in [0.05, 0.1) is 5.02 Å². The minimum Gasteiger partial charge on any atom is -0.506 e. The van der Waals surface area contributed by atoms with Crippen LogP contribution in [0.25, 0.3) is 11.4 Å². The molecule has 0 unspecified atom stereocenters. The molecule has 0 aliphatic rings. The van der Waals surface area contributed by atoms with Crippen LogP contribution in [0.2, 0.25) is 10.2 Å². The largest absolute Gasteiger partial charge is 0.506 e. The number of aromatic nitrogens is 2. The van der Waals surface area contributed by atoms with Gasteiger partial charge in [0.1, 0.15) is 10.9 Å². The molecule has 0 radical (unpaired) electrons. The zero-order valence-electron chi connectivity index (χ0n) is 9.98. The Morgan fingerprint density at radius 2 is 1.83 bits per heavy atom. The van der Waals surface area contributed by atoms with E-state index in [1.165, 1.54) is 6.07 Å². The van der Waals surface area contributed by atoms with Crippen LogP contribution in [0.15, 0.2) is 24.3 Å². The second-order valence-electron chi connectivity index (χ2n) is 4.26. The minimum atomic E-state index is 0.0338. The fraction of sp³-hybridized carbons (Fsp3) is 0.231. The molecule has 94 valence electrons. The molecule has 0 spiro atoms. The Kier molecular flexibility index (Phi) is 3.73. The number of phenolic OH excluding ortho intramolecular Hbond substituents is 1. The molecular weight excluding hydrogens is 271 g/mol. The van der Waals surface area contributed by atoms with Crippen molar-refractivity contribution in [2.75, 3.05) is 0 Å². The van der Waals surface area contributed by atoms with E-state index in [2.05, 4.69) is 9.97 Å². The average Bonchev–Trinajstić information content (AvgIpc) is 2.31. The molecule has 5 heteroatoms. The van der Waals surface area contributed by atoms with Crippen LogP contribution in [-0.2, 0) is 0 Å². The van der Waals surface area contributed by atoms with Crippen molar-refractivity contribution in [3.05, 3.63) is 40.1 Å². The number of hydrogen-bond acceptors (Lipinski definition) is 3. The standard InChI is InChI=1S/C13H12Cl2N2O/c1-7(2)10-6-12(15)17-13(16-10)8-3-4-11(18)9(14)5-8/h3-7,18H,1-2H3. The van der Waals surface area contributed by atoms with Crippen LogP contribution in [0, 0.1) is 0 Å². The third-order valence-electron chi connectivity index (χ3n) is 2.51. The highest BCUT2D eigenvalue weighted by Crippen LogP contribution is 2.29. The van der Waals surface area contributed by atoms with Crippen molar-refractivity contribution in [3.63, 3.8) is 0 Å². The molecule has 0 atom stereocenters. The molecule has 3 nitrogen and oxygen atoms in total. The topological polar surface area (TPSA) is 46.0 Å². The van der Waals surface area contributed by atoms with Crippen molar-refractivity contribution in [2.45, 2.75) is 19.8 Å². The maximum absolute atomic E-state index is 9.39. The summed E-state index contributed by atoms with van der Waals surface area (Å²) in [6.07, 6.45) is 0. The first-order chi connectivity index (χ1) is 8.47. The summed E-state index contributed by atoms with van der Waals surface area (Å²) in [6, 6.07) is 6.58. The quantitative estimate of drug-likeness (QED) is 0.837. The predicted octanol–water partition coefficient (Wildman–Crippen LogP) is 4.28. The van der Waals surface area contributed by atoms with Gasteiger partial charge in [-0.15, -0.1) is 0 Å². The van der Waals surface area contributed by atoms with Crippen molar-refractivity contribution < 1.29 is 5.11 Å². The molecule has 0 fully saturated rings. The number of phenols is 1. The summed E-state index contributed by atoms with van der Waals surface area (Å²) >= 11 is 11.8. The Morgan fingerprint density at radius 1 is 1.11 bits per heavy atom. The molecule has 18 heavy (non-hydrogen) atoms. The van der Waals surface area contributed by atoms with Gasteiger partial charge in [-0.1, -0.05) is 37.0 Å². The van der Waals surface area contributed by atoms with Crippen LogP contribution < -0.4 is 0 Å². The molecule has 1 N–H and O–H groups in total. The molecule has 2 rings (SSSR count). The van der Waals surface area contributed by atoms with Crippen molar-refractivity contribution in [1.82, 2.24) is 9.97 Å². The molecule has 1 heterocycles. The zero-order chi connectivity index (χ0) is 13.3. The third kappa shape index (κ3) is 2.74. The first-order valence-electron chi connectivity index (χ1n) is 5.50. The highest BCUT2D eigenvalue weighted by Gasteiger charge is 2.10. The van der Waals surface area contributed by atoms with E-state index in [4.69, 9.17) is 23.2 Å². The summed E-state index contributed by atoms with van der Waals surface area (Å²) in [5, 5.41) is 10.1. The van der Waals surface area contributed by atoms with Gasteiger partial charge in [-0.2, -0.15) is 0 Å². The minimum absolute atomic E-state index is 0.0338. The van der Waals surface area contributed by atoms with Gasteiger partial charge in [0.2, 0.25) is 0 Å². The average molecular weight is 283 g/mol. The van der Waals surface area contributed by atoms with E-state index in [0.717, 1.165) is 11.3 Å². The maximum atomic E-state index is 9.39. The summed E-state index contributed by atoms with van der Waals surface area (Å²) in [6.45, 7) is 4.07. The summed E-state index contributed by atoms with van der Waals surface area (Å²) in [4.78, 5) is 8.61. The molecule has 0 bridgehead atoms. The molecule has 1 aromatic carbocycles. The van der Waals surface area contributed by atoms with E-state index in [1.807, 2.05) is 13.8 Å². The summed E-state index contributed by atoms with van der Waals surface area (Å²) in [7, 11) is 0. The van der Waals surface area contributed by atoms with Gasteiger partial charge in [-0.25, -0.2) is 9.97 Å². The summed E-state index contributed by atoms with van der Waals surface area (Å²) in [5.41, 5.74) is 1.59. The van der Waals surface area contributed by atoms with Crippen LogP contribution in [0.1, 0.15) is 25.5 Å². The van der Waals surface area contributed by atoms with E-state index < -0.39 is 0 Å². The number of hydrogen-bond donors (Lipinski definition) is 1. The smallest absolute Gasteiger partial charge is 0.161 e. The van der Waals surface area contributed by atoms with E-state index in [9.17, 15) is 5.11 Å². The molecule has 1 aromatic heterocycles. The number of rotatable bonds is 2. The normalized spacial score (nSPS) is 10.9. The molecule has 2 aromatic rings. The van der Waals surface area contributed by atoms with Gasteiger partial charge in [0.25, 0.3) is 0 Å². The van der Waals surface area contributed by atoms with Gasteiger partial charge in [-0.05, 0) is 30.2 Å². The monoisotopic (exact) mass is 282 g/mol. The number of aromatic hydroxyl groups is 1. The van der Waals surface area contributed by atoms with Crippen LogP contribution in [0.3, 0.4) is 0 Å². The maximum Gasteiger partial charge on any atom is 0.161 e. The second-order valence-corrected chi connectivity index (χ2v) is 5.05. The Morgan fingerprint density at radius 3 is 2.44 bits per heavy atom. The SMILES string of the molecule is CC(C)c1cc(Cl)nc(-c2ccc(O)c(Cl)c2)n1. The Hall–Kier alpha value is -1.32. The lowest BCUT2D eigenvalue weighted by Crippen LogP contribution is -1.98. The first kappa shape index (κ1) is 13.1. The van der Waals surface area contributed by atoms with Crippen LogP contribution in [0.4, 0.5) is 0 Å². The molecule has 0 aliphatic carbocycles. The van der Waals surface area contributed by atoms with Gasteiger partial charge < -0.3 is 5.11 Å². The van der Waals surface area contributed by atoms with Crippen LogP contribution in [0.5, 0.6) is 5.75 Å². The lowest BCUT2D eigenvalue weighted by Gasteiger charge is -2.08. The van der Waals surface area contributed by atoms with Gasteiger partial charge in [0.15, 0.2) is 5.82 Å². The first-order valence-corrected chi connectivity index (χ1v) is 6.26. The van der Waals surface area contributed by atoms with E-state index in [1.54, 1.807) is 18.2 Å². The van der Waals surface area contributed by atoms with Gasteiger partial charge in [-0.3, -0.25) is 0 Å². The van der Waals surface area contributed by atoms with Gasteiger partial charge >= 0.3 is 0 Å².